The minimum atomic E-state index is -4.05. The van der Waals surface area contributed by atoms with E-state index in [1.165, 1.54) is 36.6 Å². The minimum Gasteiger partial charge on any atom is -0.489 e. The lowest BCUT2D eigenvalue weighted by Gasteiger charge is -2.28. The highest BCUT2D eigenvalue weighted by atomic mass is 127. The van der Waals surface area contributed by atoms with Gasteiger partial charge in [0.05, 0.1) is 129 Å². The Morgan fingerprint density at radius 1 is 0.364 bits per heavy atom. The molecule has 0 radical (unpaired) electrons. The van der Waals surface area contributed by atoms with Crippen molar-refractivity contribution in [1.29, 1.82) is 10.5 Å². The van der Waals surface area contributed by atoms with Crippen LogP contribution in [0.25, 0.3) is 100 Å². The van der Waals surface area contributed by atoms with Crippen LogP contribution in [-0.4, -0.2) is 200 Å². The zero-order valence-electron chi connectivity index (χ0n) is 70.8. The maximum Gasteiger partial charge on any atom is 0.270 e. The number of aromatic amines is 1. The summed E-state index contributed by atoms with van der Waals surface area (Å²) in [4.78, 5) is 45.0. The Morgan fingerprint density at radius 3 is 1.12 bits per heavy atom. The molecule has 30 nitrogen and oxygen atoms in total. The summed E-state index contributed by atoms with van der Waals surface area (Å²) in [6.45, 7) is 12.0. The van der Waals surface area contributed by atoms with Crippen LogP contribution in [-0.2, 0) is 53.8 Å². The zero-order chi connectivity index (χ0) is 90.9. The Bertz CT molecular complexity index is 7320. The Labute approximate surface area is 784 Å². The first-order chi connectivity index (χ1) is 64.4. The van der Waals surface area contributed by atoms with Crippen LogP contribution in [0.2, 0.25) is 10.3 Å². The molecule has 0 bridgehead atoms. The van der Waals surface area contributed by atoms with Gasteiger partial charge >= 0.3 is 0 Å². The van der Waals surface area contributed by atoms with E-state index in [0.717, 1.165) is 129 Å². The fourth-order valence-corrected chi connectivity index (χ4v) is 22.4. The Kier molecular flexibility index (Phi) is 27.3. The summed E-state index contributed by atoms with van der Waals surface area (Å²) in [5.74, 6) is 1.11. The lowest BCUT2D eigenvalue weighted by Crippen LogP contribution is -2.36. The number of ether oxygens (including phenoxy) is 7. The molecule has 0 aliphatic carbocycles. The second-order valence-corrected chi connectivity index (χ2v) is 38.3. The number of hydrogen-bond donors (Lipinski definition) is 1. The summed E-state index contributed by atoms with van der Waals surface area (Å²) in [7, 11) is -11.7. The predicted octanol–water partition coefficient (Wildman–Crippen LogP) is 16.6. The van der Waals surface area contributed by atoms with Crippen molar-refractivity contribution in [2.45, 2.75) is 52.6 Å². The third-order valence-corrected chi connectivity index (χ3v) is 30.0. The van der Waals surface area contributed by atoms with Crippen molar-refractivity contribution in [3.05, 3.63) is 275 Å². The van der Waals surface area contributed by atoms with Crippen molar-refractivity contribution >= 4 is 137 Å². The highest BCUT2D eigenvalue weighted by molar-refractivity contribution is 14.1. The number of benzene rings is 8. The molecule has 0 amide bonds. The summed E-state index contributed by atoms with van der Waals surface area (Å²) in [5.41, 5.74) is 13.0. The van der Waals surface area contributed by atoms with Gasteiger partial charge in [-0.3, -0.25) is 0 Å². The molecule has 0 saturated carbocycles. The number of morpholine rings is 3. The lowest BCUT2D eigenvalue weighted by atomic mass is 10.0. The summed E-state index contributed by atoms with van der Waals surface area (Å²) >= 11 is 14.2. The average molecular weight is 1980 g/mol. The molecule has 8 aromatic carbocycles. The molecule has 0 spiro atoms. The third kappa shape index (κ3) is 19.2. The highest BCUT2D eigenvalue weighted by Crippen LogP contribution is 2.41. The van der Waals surface area contributed by atoms with Crippen molar-refractivity contribution in [2.24, 2.45) is 0 Å². The zero-order valence-corrected chi connectivity index (χ0v) is 76.9. The van der Waals surface area contributed by atoms with E-state index in [2.05, 4.69) is 102 Å². The van der Waals surface area contributed by atoms with Crippen LogP contribution >= 0.6 is 45.8 Å². The number of rotatable bonds is 18. The smallest absolute Gasteiger partial charge is 0.270 e. The van der Waals surface area contributed by atoms with Gasteiger partial charge in [0.25, 0.3) is 30.1 Å². The van der Waals surface area contributed by atoms with Gasteiger partial charge in [0.15, 0.2) is 16.9 Å². The Morgan fingerprint density at radius 2 is 0.705 bits per heavy atom. The van der Waals surface area contributed by atoms with Gasteiger partial charge in [0, 0.05) is 110 Å². The minimum absolute atomic E-state index is 0.0168. The number of nitrogens with zero attached hydrogens (tertiary/aromatic N) is 16. The van der Waals surface area contributed by atoms with Gasteiger partial charge in [-0.25, -0.2) is 77.0 Å². The molecule has 1 N–H and O–H groups in total. The number of nitriles is 2. The second-order valence-electron chi connectivity index (χ2n) is 31.1. The molecule has 8 aromatic heterocycles. The lowest BCUT2D eigenvalue weighted by molar-refractivity contribution is 0.0252. The van der Waals surface area contributed by atoms with E-state index in [-0.39, 0.29) is 54.1 Å². The van der Waals surface area contributed by atoms with E-state index in [1.54, 1.807) is 122 Å². The molecule has 0 unspecified atom stereocenters. The van der Waals surface area contributed by atoms with Crippen LogP contribution in [0, 0.1) is 26.4 Å². The maximum absolute atomic E-state index is 14.2. The molecule has 132 heavy (non-hydrogen) atoms. The first-order valence-electron chi connectivity index (χ1n) is 42.6. The summed E-state index contributed by atoms with van der Waals surface area (Å²) in [6.07, 6.45) is 8.68. The number of aromatic nitrogens is 12. The highest BCUT2D eigenvalue weighted by Gasteiger charge is 2.32. The predicted molar refractivity (Wildman–Crippen MR) is 511 cm³/mol. The number of halogens is 3. The molecule has 5 aliphatic heterocycles. The maximum atomic E-state index is 14.2. The second kappa shape index (κ2) is 40.1. The number of fused-ring (bicyclic) bond motifs is 4. The van der Waals surface area contributed by atoms with Gasteiger partial charge in [0.1, 0.15) is 77.1 Å². The van der Waals surface area contributed by atoms with E-state index in [9.17, 15) is 35.8 Å². The van der Waals surface area contributed by atoms with Crippen molar-refractivity contribution in [3.63, 3.8) is 0 Å². The number of anilines is 3. The molecular weight excluding hydrogens is 1890 g/mol. The van der Waals surface area contributed by atoms with Crippen molar-refractivity contribution in [2.75, 3.05) is 120 Å². The van der Waals surface area contributed by atoms with E-state index in [4.69, 9.17) is 56.4 Å². The summed E-state index contributed by atoms with van der Waals surface area (Å²) in [5, 5.41) is 22.7. The molecule has 5 fully saturated rings. The van der Waals surface area contributed by atoms with Gasteiger partial charge in [-0.1, -0.05) is 114 Å². The van der Waals surface area contributed by atoms with Gasteiger partial charge in [-0.05, 0) is 173 Å². The molecule has 670 valence electrons. The standard InChI is InChI=1S/C34H31N5O5S.C28H27N5O3.C22H19ClN4O3S.C12H7ClIN3O2S/c35-22-26-20-25(8-11-32(26)44-28-12-16-42-17-13-28)33-30-21-31(24-6-9-27(10-7-24)38-14-18-43-19-15-38)39(34(30)37-23-36-33)45(40,41)29-4-2-1-3-5-29;29-17-21-15-20(3-6-26(21)36-23-7-11-34-12-8-23)27-24-16-25(32-28(24)31-18-30-27)19-1-4-22(5-2-19)33-9-13-35-14-10-33;23-21-19-14-20(16-6-8-17(9-7-16)26-10-12-30-13-11-26)27(22(19)25-15-24-21)31(28,29)18-4-2-1-3-5-18;13-11-9-6-10(14)17(12(9)16-7-15-11)20(18,19)8-4-2-1-3-5-8/h1-11,20-21,23,28H,12-19H2;1-6,15-16,18,23H,7-14H2,(H,30,31,32);1-9,14-15H,10-13H2;1-7H. The van der Waals surface area contributed by atoms with Crippen molar-refractivity contribution < 1.29 is 58.4 Å². The molecule has 16 aromatic rings. The van der Waals surface area contributed by atoms with Crippen LogP contribution in [0.4, 0.5) is 17.1 Å². The monoisotopic (exact) mass is 1980 g/mol. The van der Waals surface area contributed by atoms with Gasteiger partial charge in [0.2, 0.25) is 0 Å². The average Bonchev–Trinajstić information content (AvgIpc) is 1.59. The van der Waals surface area contributed by atoms with Crippen molar-refractivity contribution in [3.8, 4) is 79.9 Å². The topological polar surface area (TPSA) is 358 Å². The first-order valence-corrected chi connectivity index (χ1v) is 48.7. The number of H-pyrrole nitrogens is 1. The van der Waals surface area contributed by atoms with Crippen LogP contribution in [0.1, 0.15) is 36.8 Å². The van der Waals surface area contributed by atoms with E-state index in [1.807, 2.05) is 101 Å². The fourth-order valence-electron chi connectivity index (χ4n) is 16.3. The largest absolute Gasteiger partial charge is 0.489 e. The third-order valence-electron chi connectivity index (χ3n) is 23.1. The first kappa shape index (κ1) is 89.8. The SMILES string of the molecule is N#Cc1cc(-c2ncnc3[nH]c(-c4ccc(N5CCOCC5)cc4)cc23)ccc1OC1CCOCC1.N#Cc1cc(-c2ncnc3c2cc(-c2ccc(N4CCOCC4)cc2)n3S(=O)(=O)c2ccccc2)ccc1OC1CCOCC1.O=S(=O)(c1ccccc1)n1c(-c2ccc(N3CCOCC3)cc2)cc2c(Cl)ncnc21.O=S(=O)(c1ccccc1)n1c(I)cc2c(Cl)ncnc21. The summed E-state index contributed by atoms with van der Waals surface area (Å²) < 4.78 is 125. The molecule has 21 rings (SSSR count). The molecular formula is C96H84Cl2IN17O13S3. The molecule has 36 heteroatoms. The molecule has 5 aliphatic rings. The van der Waals surface area contributed by atoms with Crippen LogP contribution in [0.15, 0.2) is 264 Å². The normalized spacial score (nSPS) is 15.3. The quantitative estimate of drug-likeness (QED) is 0.0616. The molecule has 13 heterocycles. The van der Waals surface area contributed by atoms with Gasteiger partial charge in [-0.15, -0.1) is 0 Å². The summed E-state index contributed by atoms with van der Waals surface area (Å²) in [6, 6.07) is 71.9. The Hall–Kier alpha value is -12.8. The van der Waals surface area contributed by atoms with Gasteiger partial charge < -0.3 is 52.8 Å². The van der Waals surface area contributed by atoms with Gasteiger partial charge in [-0.2, -0.15) is 10.5 Å². The van der Waals surface area contributed by atoms with Crippen LogP contribution in [0.3, 0.4) is 0 Å². The van der Waals surface area contributed by atoms with Crippen LogP contribution in [0.5, 0.6) is 11.5 Å². The van der Waals surface area contributed by atoms with E-state index >= 15 is 0 Å². The number of nitrogens with one attached hydrogen (secondary N) is 1. The van der Waals surface area contributed by atoms with Crippen LogP contribution < -0.4 is 24.2 Å². The Balaban J connectivity index is 0.000000122. The molecule has 0 atom stereocenters. The van der Waals surface area contributed by atoms with E-state index < -0.39 is 30.1 Å². The molecule has 5 saturated heterocycles. The van der Waals surface area contributed by atoms with Crippen molar-refractivity contribution in [1.82, 2.24) is 56.8 Å². The van der Waals surface area contributed by atoms with E-state index in [0.29, 0.717) is 124 Å². The number of hydrogen-bond acceptors (Lipinski definition) is 26. The fraction of sp³-hybridized carbons (Fsp3) is 0.229.